The van der Waals surface area contributed by atoms with Crippen LogP contribution in [0.25, 0.3) is 0 Å². The summed E-state index contributed by atoms with van der Waals surface area (Å²) >= 11 is 5.24. The van der Waals surface area contributed by atoms with E-state index in [0.717, 1.165) is 21.5 Å². The molecule has 1 unspecified atom stereocenters. The molecule has 1 atom stereocenters. The van der Waals surface area contributed by atoms with Gasteiger partial charge in [-0.15, -0.1) is 11.8 Å². The highest BCUT2D eigenvalue weighted by Crippen LogP contribution is 2.29. The van der Waals surface area contributed by atoms with Gasteiger partial charge in [0.15, 0.2) is 0 Å². The lowest BCUT2D eigenvalue weighted by Crippen LogP contribution is -2.13. The monoisotopic (exact) mass is 370 g/mol. The van der Waals surface area contributed by atoms with Crippen molar-refractivity contribution in [1.29, 1.82) is 0 Å². The number of methoxy groups -OCH3 is 1. The van der Waals surface area contributed by atoms with E-state index in [2.05, 4.69) is 28.0 Å². The second-order valence-corrected chi connectivity index (χ2v) is 6.69. The van der Waals surface area contributed by atoms with Crippen molar-refractivity contribution in [2.45, 2.75) is 24.5 Å². The van der Waals surface area contributed by atoms with Gasteiger partial charge in [-0.1, -0.05) is 19.1 Å². The van der Waals surface area contributed by atoms with E-state index in [4.69, 9.17) is 4.74 Å². The van der Waals surface area contributed by atoms with Gasteiger partial charge in [0, 0.05) is 12.0 Å². The predicted molar refractivity (Wildman–Crippen MR) is 88.7 cm³/mol. The zero-order chi connectivity index (χ0) is 15.2. The number of rotatable bonds is 7. The summed E-state index contributed by atoms with van der Waals surface area (Å²) in [6, 6.07) is 8.00. The van der Waals surface area contributed by atoms with Crippen LogP contribution in [0.4, 0.5) is 0 Å². The Morgan fingerprint density at radius 2 is 2.10 bits per heavy atom. The Balaban J connectivity index is 2.22. The van der Waals surface area contributed by atoms with Gasteiger partial charge in [-0.2, -0.15) is 5.10 Å². The third-order valence-corrected chi connectivity index (χ3v) is 4.61. The molecule has 4 nitrogen and oxygen atoms in total. The number of hydrogen-bond donors (Lipinski definition) is 1. The zero-order valence-corrected chi connectivity index (χ0v) is 14.5. The number of ether oxygens (including phenoxy) is 1. The lowest BCUT2D eigenvalue weighted by molar-refractivity contribution is 0.171. The van der Waals surface area contributed by atoms with E-state index in [-0.39, 0.29) is 0 Å². The number of aliphatic hydroxyl groups is 1. The molecule has 1 aromatic heterocycles. The highest BCUT2D eigenvalue weighted by molar-refractivity contribution is 9.10. The van der Waals surface area contributed by atoms with E-state index >= 15 is 0 Å². The Labute approximate surface area is 137 Å². The van der Waals surface area contributed by atoms with Gasteiger partial charge in [0.25, 0.3) is 0 Å². The molecule has 1 N–H and O–H groups in total. The van der Waals surface area contributed by atoms with Gasteiger partial charge in [0.1, 0.15) is 6.10 Å². The Hall–Kier alpha value is -0.820. The molecular weight excluding hydrogens is 352 g/mol. The summed E-state index contributed by atoms with van der Waals surface area (Å²) < 4.78 is 7.65. The molecule has 0 spiro atoms. The highest BCUT2D eigenvalue weighted by atomic mass is 79.9. The van der Waals surface area contributed by atoms with E-state index in [1.807, 2.05) is 24.3 Å². The van der Waals surface area contributed by atoms with Crippen molar-refractivity contribution in [3.05, 3.63) is 46.2 Å². The molecule has 0 amide bonds. The molecule has 0 fully saturated rings. The van der Waals surface area contributed by atoms with E-state index in [0.29, 0.717) is 13.2 Å². The lowest BCUT2D eigenvalue weighted by Gasteiger charge is -2.15. The van der Waals surface area contributed by atoms with Crippen LogP contribution in [0.5, 0.6) is 0 Å². The maximum atomic E-state index is 10.6. The average molecular weight is 371 g/mol. The van der Waals surface area contributed by atoms with E-state index in [1.54, 1.807) is 29.8 Å². The number of benzene rings is 1. The summed E-state index contributed by atoms with van der Waals surface area (Å²) in [6.45, 7) is 3.29. The van der Waals surface area contributed by atoms with Gasteiger partial charge in [-0.25, -0.2) is 0 Å². The third kappa shape index (κ3) is 4.10. The van der Waals surface area contributed by atoms with Crippen molar-refractivity contribution < 1.29 is 9.84 Å². The molecule has 0 saturated heterocycles. The molecular formula is C15H19BrN2O2S. The predicted octanol–water partition coefficient (Wildman–Crippen LogP) is 3.49. The second-order valence-electron chi connectivity index (χ2n) is 4.50. The van der Waals surface area contributed by atoms with Crippen LogP contribution in [0.1, 0.15) is 24.3 Å². The first kappa shape index (κ1) is 16.5. The normalized spacial score (nSPS) is 12.6. The molecule has 2 aromatic rings. The van der Waals surface area contributed by atoms with E-state index in [1.165, 1.54) is 4.90 Å². The fraction of sp³-hybridized carbons (Fsp3) is 0.400. The molecule has 114 valence electrons. The van der Waals surface area contributed by atoms with Gasteiger partial charge in [0.2, 0.25) is 0 Å². The largest absolute Gasteiger partial charge is 0.383 e. The minimum atomic E-state index is -0.709. The Kier molecular flexibility index (Phi) is 6.29. The molecule has 2 rings (SSSR count). The smallest absolute Gasteiger partial charge is 0.122 e. The number of aromatic nitrogens is 2. The Morgan fingerprint density at radius 3 is 2.71 bits per heavy atom. The SMILES string of the molecule is CCSc1ccc(C(O)c2c(Br)cnn2CCOC)cc1. The standard InChI is InChI=1S/C15H19BrN2O2S/c1-3-21-12-6-4-11(5-7-12)15(19)14-13(16)10-17-18(14)8-9-20-2/h4-7,10,15,19H,3,8-9H2,1-2H3. The molecule has 0 radical (unpaired) electrons. The van der Waals surface area contributed by atoms with Crippen molar-refractivity contribution in [3.63, 3.8) is 0 Å². The van der Waals surface area contributed by atoms with Crippen molar-refractivity contribution in [2.24, 2.45) is 0 Å². The third-order valence-electron chi connectivity index (χ3n) is 3.11. The molecule has 1 heterocycles. The van der Waals surface area contributed by atoms with Gasteiger partial charge in [0.05, 0.1) is 29.5 Å². The molecule has 0 saturated carbocycles. The van der Waals surface area contributed by atoms with Crippen LogP contribution in [0, 0.1) is 0 Å². The zero-order valence-electron chi connectivity index (χ0n) is 12.1. The van der Waals surface area contributed by atoms with Crippen molar-refractivity contribution in [2.75, 3.05) is 19.5 Å². The number of aliphatic hydroxyl groups excluding tert-OH is 1. The first-order valence-electron chi connectivity index (χ1n) is 6.78. The van der Waals surface area contributed by atoms with Gasteiger partial charge >= 0.3 is 0 Å². The number of thioether (sulfide) groups is 1. The first-order chi connectivity index (χ1) is 10.2. The molecule has 6 heteroatoms. The number of halogens is 1. The van der Waals surface area contributed by atoms with Gasteiger partial charge in [-0.3, -0.25) is 4.68 Å². The molecule has 0 aliphatic rings. The van der Waals surface area contributed by atoms with E-state index < -0.39 is 6.10 Å². The Bertz CT molecular complexity index is 572. The fourth-order valence-electron chi connectivity index (χ4n) is 2.07. The van der Waals surface area contributed by atoms with E-state index in [9.17, 15) is 5.11 Å². The average Bonchev–Trinajstić information content (AvgIpc) is 2.86. The maximum absolute atomic E-state index is 10.6. The highest BCUT2D eigenvalue weighted by Gasteiger charge is 2.19. The summed E-state index contributed by atoms with van der Waals surface area (Å²) in [5, 5.41) is 14.9. The molecule has 0 aliphatic carbocycles. The van der Waals surface area contributed by atoms with Gasteiger partial charge < -0.3 is 9.84 Å². The topological polar surface area (TPSA) is 47.3 Å². The van der Waals surface area contributed by atoms with Crippen LogP contribution >= 0.6 is 27.7 Å². The maximum Gasteiger partial charge on any atom is 0.122 e. The summed E-state index contributed by atoms with van der Waals surface area (Å²) in [6.07, 6.45) is 0.995. The molecule has 1 aromatic carbocycles. The summed E-state index contributed by atoms with van der Waals surface area (Å²) in [5.74, 6) is 1.04. The van der Waals surface area contributed by atoms with Crippen LogP contribution in [-0.4, -0.2) is 34.4 Å². The first-order valence-corrected chi connectivity index (χ1v) is 8.56. The van der Waals surface area contributed by atoms with Crippen LogP contribution in [0.15, 0.2) is 39.8 Å². The van der Waals surface area contributed by atoms with Crippen LogP contribution in [0.2, 0.25) is 0 Å². The fourth-order valence-corrected chi connectivity index (χ4v) is 3.25. The molecule has 0 bridgehead atoms. The minimum absolute atomic E-state index is 0.555. The quantitative estimate of drug-likeness (QED) is 0.757. The summed E-state index contributed by atoms with van der Waals surface area (Å²) in [4.78, 5) is 1.21. The van der Waals surface area contributed by atoms with Gasteiger partial charge in [-0.05, 0) is 39.4 Å². The summed E-state index contributed by atoms with van der Waals surface area (Å²) in [5.41, 5.74) is 1.61. The van der Waals surface area contributed by atoms with Crippen LogP contribution in [-0.2, 0) is 11.3 Å². The lowest BCUT2D eigenvalue weighted by atomic mass is 10.1. The summed E-state index contributed by atoms with van der Waals surface area (Å²) in [7, 11) is 1.65. The van der Waals surface area contributed by atoms with Crippen molar-refractivity contribution in [1.82, 2.24) is 9.78 Å². The Morgan fingerprint density at radius 1 is 1.38 bits per heavy atom. The molecule has 0 aliphatic heterocycles. The van der Waals surface area contributed by atoms with Crippen LogP contribution < -0.4 is 0 Å². The number of hydrogen-bond acceptors (Lipinski definition) is 4. The number of nitrogens with zero attached hydrogens (tertiary/aromatic N) is 2. The van der Waals surface area contributed by atoms with Crippen molar-refractivity contribution >= 4 is 27.7 Å². The van der Waals surface area contributed by atoms with Crippen molar-refractivity contribution in [3.8, 4) is 0 Å². The second kappa shape index (κ2) is 7.98. The molecule has 21 heavy (non-hydrogen) atoms. The minimum Gasteiger partial charge on any atom is -0.383 e. The van der Waals surface area contributed by atoms with Crippen LogP contribution in [0.3, 0.4) is 0 Å².